The van der Waals surface area contributed by atoms with Gasteiger partial charge in [-0.3, -0.25) is 0 Å². The first-order valence-corrected chi connectivity index (χ1v) is 5.17. The van der Waals surface area contributed by atoms with Gasteiger partial charge in [0.25, 0.3) is 0 Å². The fraction of sp³-hybridized carbons (Fsp3) is 0.909. The minimum atomic E-state index is 0. The third-order valence-electron chi connectivity index (χ3n) is 2.61. The van der Waals surface area contributed by atoms with E-state index in [-0.39, 0.29) is 32.7 Å². The Kier molecular flexibility index (Phi) is 15.0. The predicted molar refractivity (Wildman–Crippen MR) is 55.4 cm³/mol. The maximum atomic E-state index is 5.32. The van der Waals surface area contributed by atoms with Gasteiger partial charge in [0.1, 0.15) is 0 Å². The van der Waals surface area contributed by atoms with E-state index in [2.05, 4.69) is 21.0 Å². The van der Waals surface area contributed by atoms with Gasteiger partial charge in [-0.05, 0) is 31.6 Å². The van der Waals surface area contributed by atoms with Crippen LogP contribution in [0.4, 0.5) is 0 Å². The number of hydrogen-bond donors (Lipinski definition) is 0. The largest absolute Gasteiger partial charge is 0.555 e. The molecule has 2 atom stereocenters. The van der Waals surface area contributed by atoms with E-state index in [1.807, 2.05) is 6.92 Å². The summed E-state index contributed by atoms with van der Waals surface area (Å²) in [6.45, 7) is 9.03. The van der Waals surface area contributed by atoms with Crippen LogP contribution in [0.3, 0.4) is 0 Å². The molecule has 0 saturated carbocycles. The maximum Gasteiger partial charge on any atom is 0.0468 e. The molecule has 1 radical (unpaired) electrons. The van der Waals surface area contributed by atoms with Crippen molar-refractivity contribution in [3.63, 3.8) is 0 Å². The van der Waals surface area contributed by atoms with Crippen LogP contribution in [0.1, 0.15) is 33.6 Å². The van der Waals surface area contributed by atoms with Crippen molar-refractivity contribution in [2.45, 2.75) is 33.6 Å². The van der Waals surface area contributed by atoms with Gasteiger partial charge in [0.05, 0.1) is 0 Å². The molecule has 0 spiro atoms. The van der Waals surface area contributed by atoms with Gasteiger partial charge in [0.15, 0.2) is 0 Å². The predicted octanol–water partition coefficient (Wildman–Crippen LogP) is 2.88. The van der Waals surface area contributed by atoms with Crippen molar-refractivity contribution < 1.29 is 42.2 Å². The van der Waals surface area contributed by atoms with Crippen LogP contribution in [0.15, 0.2) is 0 Å². The molecule has 0 heterocycles. The summed E-state index contributed by atoms with van der Waals surface area (Å²) in [5.74, 6) is 1.41. The molecule has 0 aromatic rings. The first-order chi connectivity index (χ1) is 6.22. The third-order valence-corrected chi connectivity index (χ3v) is 2.61. The average Bonchev–Trinajstić information content (AvgIpc) is 2.14. The Labute approximate surface area is 114 Å². The van der Waals surface area contributed by atoms with E-state index in [0.29, 0.717) is 11.8 Å². The van der Waals surface area contributed by atoms with Crippen molar-refractivity contribution in [1.29, 1.82) is 0 Å². The van der Waals surface area contributed by atoms with Crippen molar-refractivity contribution in [3.8, 4) is 0 Å². The fourth-order valence-corrected chi connectivity index (χ4v) is 1.25. The Morgan fingerprint density at radius 2 is 1.57 bits per heavy atom. The van der Waals surface area contributed by atoms with Gasteiger partial charge in [0, 0.05) is 52.5 Å². The smallest absolute Gasteiger partial charge is 0.0468 e. The first kappa shape index (κ1) is 17.4. The van der Waals surface area contributed by atoms with Crippen molar-refractivity contribution in [3.05, 3.63) is 7.11 Å². The topological polar surface area (TPSA) is 18.5 Å². The Hall–Kier alpha value is 1.02. The molecular formula is C11H23O2Y-. The zero-order valence-electron chi connectivity index (χ0n) is 9.79. The summed E-state index contributed by atoms with van der Waals surface area (Å²) in [5, 5.41) is 0. The zero-order valence-corrected chi connectivity index (χ0v) is 12.6. The van der Waals surface area contributed by atoms with Crippen LogP contribution >= 0.6 is 0 Å². The van der Waals surface area contributed by atoms with E-state index in [0.717, 1.165) is 32.7 Å². The molecule has 14 heavy (non-hydrogen) atoms. The van der Waals surface area contributed by atoms with Crippen LogP contribution in [-0.4, -0.2) is 19.8 Å². The van der Waals surface area contributed by atoms with E-state index < -0.39 is 0 Å². The first-order valence-electron chi connectivity index (χ1n) is 5.17. The summed E-state index contributed by atoms with van der Waals surface area (Å²) in [7, 11) is 3.37. The van der Waals surface area contributed by atoms with Crippen LogP contribution in [-0.2, 0) is 42.2 Å². The molecule has 0 N–H and O–H groups in total. The molecular weight excluding hydrogens is 253 g/mol. The molecule has 0 fully saturated rings. The molecule has 0 aliphatic carbocycles. The second-order valence-electron chi connectivity index (χ2n) is 3.64. The molecule has 0 bridgehead atoms. The SMILES string of the molecule is [CH2-]OCCC(C)C(C)CCOCC.[Y]. The summed E-state index contributed by atoms with van der Waals surface area (Å²) < 4.78 is 10.1. The van der Waals surface area contributed by atoms with Crippen molar-refractivity contribution in [2.75, 3.05) is 19.8 Å². The van der Waals surface area contributed by atoms with E-state index in [9.17, 15) is 0 Å². The number of rotatable bonds is 8. The third kappa shape index (κ3) is 9.57. The van der Waals surface area contributed by atoms with Gasteiger partial charge >= 0.3 is 0 Å². The molecule has 0 amide bonds. The minimum Gasteiger partial charge on any atom is -0.555 e. The molecule has 0 aliphatic rings. The van der Waals surface area contributed by atoms with Gasteiger partial charge in [-0.1, -0.05) is 13.8 Å². The molecule has 0 aromatic carbocycles. The van der Waals surface area contributed by atoms with Gasteiger partial charge in [0.2, 0.25) is 0 Å². The Morgan fingerprint density at radius 3 is 2.00 bits per heavy atom. The monoisotopic (exact) mass is 276 g/mol. The molecule has 0 saturated heterocycles. The van der Waals surface area contributed by atoms with Crippen LogP contribution in [0.5, 0.6) is 0 Å². The Bertz CT molecular complexity index is 109. The quantitative estimate of drug-likeness (QED) is 0.501. The fourth-order valence-electron chi connectivity index (χ4n) is 1.25. The summed E-state index contributed by atoms with van der Waals surface area (Å²) >= 11 is 0. The molecule has 3 heteroatoms. The van der Waals surface area contributed by atoms with Gasteiger partial charge < -0.3 is 9.47 Å². The minimum absolute atomic E-state index is 0. The van der Waals surface area contributed by atoms with E-state index in [1.54, 1.807) is 0 Å². The van der Waals surface area contributed by atoms with E-state index >= 15 is 0 Å². The molecule has 0 rings (SSSR count). The number of hydrogen-bond acceptors (Lipinski definition) is 2. The van der Waals surface area contributed by atoms with Gasteiger partial charge in [-0.15, -0.1) is 0 Å². The van der Waals surface area contributed by atoms with Crippen LogP contribution < -0.4 is 0 Å². The van der Waals surface area contributed by atoms with Crippen LogP contribution in [0.25, 0.3) is 0 Å². The molecule has 0 aromatic heterocycles. The Balaban J connectivity index is 0. The van der Waals surface area contributed by atoms with Gasteiger partial charge in [-0.2, -0.15) is 0 Å². The molecule has 2 nitrogen and oxygen atoms in total. The van der Waals surface area contributed by atoms with Crippen molar-refractivity contribution >= 4 is 0 Å². The Morgan fingerprint density at radius 1 is 1.07 bits per heavy atom. The van der Waals surface area contributed by atoms with Crippen molar-refractivity contribution in [2.24, 2.45) is 11.8 Å². The second kappa shape index (κ2) is 12.1. The molecule has 0 aliphatic heterocycles. The summed E-state index contributed by atoms with van der Waals surface area (Å²) in [6, 6.07) is 0. The molecule has 83 valence electrons. The van der Waals surface area contributed by atoms with Crippen molar-refractivity contribution in [1.82, 2.24) is 0 Å². The standard InChI is InChI=1S/C11H23O2.Y/c1-5-13-9-7-11(3)10(2)6-8-12-4;/h10-11H,4-9H2,1-3H3;/q-1;. The maximum absolute atomic E-state index is 5.32. The zero-order chi connectivity index (χ0) is 10.1. The van der Waals surface area contributed by atoms with E-state index in [4.69, 9.17) is 9.47 Å². The number of ether oxygens (including phenoxy) is 2. The van der Waals surface area contributed by atoms with Crippen LogP contribution in [0, 0.1) is 18.9 Å². The normalized spacial score (nSPS) is 14.6. The average molecular weight is 276 g/mol. The summed E-state index contributed by atoms with van der Waals surface area (Å²) in [6.07, 6.45) is 2.24. The van der Waals surface area contributed by atoms with E-state index in [1.165, 1.54) is 0 Å². The summed E-state index contributed by atoms with van der Waals surface area (Å²) in [5.41, 5.74) is 0. The molecule has 2 unspecified atom stereocenters. The van der Waals surface area contributed by atoms with Crippen LogP contribution in [0.2, 0.25) is 0 Å². The summed E-state index contributed by atoms with van der Waals surface area (Å²) in [4.78, 5) is 0. The second-order valence-corrected chi connectivity index (χ2v) is 3.64. The van der Waals surface area contributed by atoms with Gasteiger partial charge in [-0.25, -0.2) is 7.11 Å².